The van der Waals surface area contributed by atoms with Crippen molar-refractivity contribution in [2.75, 3.05) is 26.4 Å². The van der Waals surface area contributed by atoms with Gasteiger partial charge in [-0.2, -0.15) is 0 Å². The Morgan fingerprint density at radius 2 is 1.60 bits per heavy atom. The average molecular weight is 871 g/mol. The number of carboxylic acids is 1. The highest BCUT2D eigenvalue weighted by molar-refractivity contribution is 5.78. The summed E-state index contributed by atoms with van der Waals surface area (Å²) in [6, 6.07) is 9.87. The van der Waals surface area contributed by atoms with Crippen molar-refractivity contribution < 1.29 is 59.9 Å². The van der Waals surface area contributed by atoms with Crippen LogP contribution in [-0.2, 0) is 25.6 Å². The fraction of sp³-hybridized carbons (Fsp3) is 0.820. The maximum atomic E-state index is 13.9. The standard InChI is InChI=1S/C50H78O12/c1-7-8-10-17-32-22-50(44(58)59)34(23-45(2,28-52)25-38(50)55)33-21-31(16-13-20-51)41-46(3)24-36(60-26-30-14-11-9-12-15-30)42(62-43-40(57)39(56)35(54)27-61-43)47(4,29-53)37(46)18-19-48(41,5)49(32,33)6/h9,11-12,14-15,21,31-32,34-43,51-57H,7-8,10,13,16-20,22-29H2,1-6H3,(H,58,59). The highest BCUT2D eigenvalue weighted by Crippen LogP contribution is 2.78. The molecule has 1 saturated heterocycles. The Bertz CT molecular complexity index is 1740. The van der Waals surface area contributed by atoms with Crippen molar-refractivity contribution in [3.63, 3.8) is 0 Å². The van der Waals surface area contributed by atoms with Crippen LogP contribution in [0.3, 0.4) is 0 Å². The Morgan fingerprint density at radius 1 is 0.871 bits per heavy atom. The number of aliphatic hydroxyl groups excluding tert-OH is 7. The number of hydrogen-bond donors (Lipinski definition) is 8. The summed E-state index contributed by atoms with van der Waals surface area (Å²) in [6.07, 6.45) is 2.48. The zero-order valence-corrected chi connectivity index (χ0v) is 38.1. The summed E-state index contributed by atoms with van der Waals surface area (Å²) >= 11 is 0. The summed E-state index contributed by atoms with van der Waals surface area (Å²) in [5.41, 5.74) is -2.25. The zero-order valence-electron chi connectivity index (χ0n) is 38.1. The van der Waals surface area contributed by atoms with Gasteiger partial charge in [0, 0.05) is 18.6 Å². The van der Waals surface area contributed by atoms with E-state index in [0.717, 1.165) is 49.7 Å². The molecule has 4 saturated carbocycles. The van der Waals surface area contributed by atoms with Crippen LogP contribution >= 0.6 is 0 Å². The van der Waals surface area contributed by atoms with Crippen molar-refractivity contribution in [3.05, 3.63) is 47.5 Å². The summed E-state index contributed by atoms with van der Waals surface area (Å²) in [5, 5.41) is 88.6. The van der Waals surface area contributed by atoms with Crippen LogP contribution < -0.4 is 0 Å². The van der Waals surface area contributed by atoms with Crippen LogP contribution in [-0.4, -0.2) is 116 Å². The van der Waals surface area contributed by atoms with Crippen molar-refractivity contribution in [3.8, 4) is 0 Å². The van der Waals surface area contributed by atoms with Gasteiger partial charge in [-0.1, -0.05) is 103 Å². The molecule has 1 aromatic carbocycles. The summed E-state index contributed by atoms with van der Waals surface area (Å²) < 4.78 is 19.6. The molecule has 8 N–H and O–H groups in total. The molecule has 5 fully saturated rings. The predicted molar refractivity (Wildman–Crippen MR) is 232 cm³/mol. The van der Waals surface area contributed by atoms with Crippen molar-refractivity contribution in [1.82, 2.24) is 0 Å². The van der Waals surface area contributed by atoms with E-state index in [4.69, 9.17) is 14.2 Å². The van der Waals surface area contributed by atoms with Gasteiger partial charge < -0.3 is 55.1 Å². The number of rotatable bonds is 15. The van der Waals surface area contributed by atoms with Gasteiger partial charge in [0.25, 0.3) is 0 Å². The minimum absolute atomic E-state index is 0.000864. The first kappa shape index (κ1) is 48.0. The number of hydrogen-bond acceptors (Lipinski definition) is 11. The second-order valence-corrected chi connectivity index (χ2v) is 22.0. The maximum absolute atomic E-state index is 13.9. The highest BCUT2D eigenvalue weighted by Gasteiger charge is 2.75. The van der Waals surface area contributed by atoms with E-state index in [9.17, 15) is 45.6 Å². The Hall–Kier alpha value is -1.97. The van der Waals surface area contributed by atoms with Gasteiger partial charge in [0.05, 0.1) is 38.1 Å². The fourth-order valence-corrected chi connectivity index (χ4v) is 15.4. The van der Waals surface area contributed by atoms with Gasteiger partial charge in [0.1, 0.15) is 23.7 Å². The van der Waals surface area contributed by atoms with Gasteiger partial charge in [0.2, 0.25) is 0 Å². The van der Waals surface area contributed by atoms with Crippen molar-refractivity contribution in [1.29, 1.82) is 0 Å². The van der Waals surface area contributed by atoms with E-state index < -0.39 is 81.9 Å². The van der Waals surface area contributed by atoms with E-state index in [2.05, 4.69) is 33.8 Å². The molecule has 0 amide bonds. The fourth-order valence-electron chi connectivity index (χ4n) is 15.4. The minimum Gasteiger partial charge on any atom is -0.481 e. The van der Waals surface area contributed by atoms with Crippen molar-refractivity contribution in [2.45, 2.75) is 168 Å². The number of carbonyl (C=O) groups is 1. The van der Waals surface area contributed by atoms with Crippen LogP contribution in [0.5, 0.6) is 0 Å². The van der Waals surface area contributed by atoms with Gasteiger partial charge in [-0.05, 0) is 115 Å². The molecule has 5 aliphatic carbocycles. The second-order valence-electron chi connectivity index (χ2n) is 22.0. The largest absolute Gasteiger partial charge is 0.481 e. The van der Waals surface area contributed by atoms with E-state index in [-0.39, 0.29) is 68.5 Å². The lowest BCUT2D eigenvalue weighted by molar-refractivity contribution is -0.335. The minimum atomic E-state index is -1.52. The monoisotopic (exact) mass is 871 g/mol. The van der Waals surface area contributed by atoms with E-state index in [1.807, 2.05) is 44.2 Å². The lowest BCUT2D eigenvalue weighted by Crippen LogP contribution is -2.72. The van der Waals surface area contributed by atoms with Crippen molar-refractivity contribution in [2.24, 2.45) is 62.1 Å². The molecule has 18 atom stereocenters. The molecular weight excluding hydrogens is 793 g/mol. The quantitative estimate of drug-likeness (QED) is 0.0615. The first-order chi connectivity index (χ1) is 29.3. The Kier molecular flexibility index (Phi) is 13.9. The molecule has 1 aromatic rings. The molecule has 0 aromatic heterocycles. The first-order valence-corrected chi connectivity index (χ1v) is 23.8. The third-order valence-electron chi connectivity index (χ3n) is 18.6. The van der Waals surface area contributed by atoms with Gasteiger partial charge >= 0.3 is 5.97 Å². The first-order valence-electron chi connectivity index (χ1n) is 23.8. The van der Waals surface area contributed by atoms with Crippen LogP contribution in [0.4, 0.5) is 0 Å². The van der Waals surface area contributed by atoms with E-state index in [1.54, 1.807) is 0 Å². The van der Waals surface area contributed by atoms with Crippen LogP contribution in [0.2, 0.25) is 0 Å². The Balaban J connectivity index is 1.39. The molecule has 0 radical (unpaired) electrons. The SMILES string of the molecule is CCCCCC1CC2(C(=O)O)C(O)CC(C)(CO)CC2C2=CC(CCCO)C3C4(C)CC(OCc5ccccc5)C(OC5OCC(O)C(O)C5O)C(C)(CO)C4CCC3(C)C21C. The molecular formula is C50H78O12. The Labute approximate surface area is 369 Å². The number of benzene rings is 1. The summed E-state index contributed by atoms with van der Waals surface area (Å²) in [5.74, 6) is -1.69. The maximum Gasteiger partial charge on any atom is 0.312 e. The smallest absolute Gasteiger partial charge is 0.312 e. The molecule has 350 valence electrons. The molecule has 1 heterocycles. The van der Waals surface area contributed by atoms with E-state index >= 15 is 0 Å². The lowest BCUT2D eigenvalue weighted by atomic mass is 9.30. The van der Waals surface area contributed by atoms with Crippen LogP contribution in [0, 0.1) is 62.1 Å². The Morgan fingerprint density at radius 3 is 2.24 bits per heavy atom. The zero-order chi connectivity index (χ0) is 45.0. The second kappa shape index (κ2) is 18.0. The average Bonchev–Trinajstić information content (AvgIpc) is 3.24. The van der Waals surface area contributed by atoms with Gasteiger partial charge in [0.15, 0.2) is 6.29 Å². The van der Waals surface area contributed by atoms with Crippen molar-refractivity contribution >= 4 is 5.97 Å². The van der Waals surface area contributed by atoms with E-state index in [0.29, 0.717) is 32.1 Å². The van der Waals surface area contributed by atoms with Gasteiger partial charge in [-0.15, -0.1) is 0 Å². The number of unbranched alkanes of at least 4 members (excludes halogenated alkanes) is 2. The third kappa shape index (κ3) is 7.56. The van der Waals surface area contributed by atoms with Crippen LogP contribution in [0.1, 0.15) is 124 Å². The summed E-state index contributed by atoms with van der Waals surface area (Å²) in [6.45, 7) is 13.0. The molecule has 0 spiro atoms. The van der Waals surface area contributed by atoms with E-state index in [1.165, 1.54) is 0 Å². The normalized spacial score (nSPS) is 47.7. The molecule has 1 aliphatic heterocycles. The number of allylic oxidation sites excluding steroid dienone is 2. The number of aliphatic carboxylic acids is 1. The number of aliphatic hydroxyl groups is 7. The molecule has 0 bridgehead atoms. The summed E-state index contributed by atoms with van der Waals surface area (Å²) in [7, 11) is 0. The number of ether oxygens (including phenoxy) is 3. The molecule has 18 unspecified atom stereocenters. The summed E-state index contributed by atoms with van der Waals surface area (Å²) in [4.78, 5) is 13.9. The topological polar surface area (TPSA) is 207 Å². The lowest BCUT2D eigenvalue weighted by Gasteiger charge is -2.75. The molecule has 12 heteroatoms. The molecule has 12 nitrogen and oxygen atoms in total. The molecule has 7 rings (SSSR count). The number of fused-ring (bicyclic) bond motifs is 7. The van der Waals surface area contributed by atoms with Gasteiger partial charge in [-0.25, -0.2) is 0 Å². The van der Waals surface area contributed by atoms with Crippen LogP contribution in [0.15, 0.2) is 42.0 Å². The third-order valence-corrected chi connectivity index (χ3v) is 18.6. The molecule has 6 aliphatic rings. The number of carboxylic acid groups (broad SMARTS) is 1. The van der Waals surface area contributed by atoms with Crippen LogP contribution in [0.25, 0.3) is 0 Å². The highest BCUT2D eigenvalue weighted by atomic mass is 16.7. The predicted octanol–water partition coefficient (Wildman–Crippen LogP) is 5.61. The molecule has 62 heavy (non-hydrogen) atoms. The van der Waals surface area contributed by atoms with Gasteiger partial charge in [-0.3, -0.25) is 4.79 Å².